The van der Waals surface area contributed by atoms with Crippen LogP contribution in [0.4, 0.5) is 5.82 Å². The smallest absolute Gasteiger partial charge is 0.263 e. The van der Waals surface area contributed by atoms with Crippen molar-refractivity contribution in [3.05, 3.63) is 36.1 Å². The van der Waals surface area contributed by atoms with E-state index in [4.69, 9.17) is 9.26 Å². The van der Waals surface area contributed by atoms with E-state index in [1.165, 1.54) is 18.2 Å². The summed E-state index contributed by atoms with van der Waals surface area (Å²) in [5.74, 6) is 1.29. The number of hydrogen-bond donors (Lipinski definition) is 1. The van der Waals surface area contributed by atoms with E-state index in [1.54, 1.807) is 19.1 Å². The maximum atomic E-state index is 12.2. The number of benzene rings is 1. The Morgan fingerprint density at radius 1 is 1.19 bits per heavy atom. The van der Waals surface area contributed by atoms with Gasteiger partial charge in [0.1, 0.15) is 17.1 Å². The Morgan fingerprint density at radius 2 is 1.81 bits per heavy atom. The summed E-state index contributed by atoms with van der Waals surface area (Å²) < 4.78 is 37.2. The van der Waals surface area contributed by atoms with Crippen LogP contribution in [0.1, 0.15) is 26.5 Å². The number of ether oxygens (including phenoxy) is 1. The van der Waals surface area contributed by atoms with Gasteiger partial charge in [-0.15, -0.1) is 0 Å². The van der Waals surface area contributed by atoms with E-state index < -0.39 is 10.0 Å². The third-order valence-electron chi connectivity index (χ3n) is 2.42. The lowest BCUT2D eigenvalue weighted by molar-refractivity contribution is 0.131. The highest BCUT2D eigenvalue weighted by Crippen LogP contribution is 2.22. The molecule has 2 aromatic rings. The first-order valence-electron chi connectivity index (χ1n) is 6.41. The number of hydrogen-bond acceptors (Lipinski definition) is 5. The van der Waals surface area contributed by atoms with Crippen molar-refractivity contribution in [2.24, 2.45) is 0 Å². The van der Waals surface area contributed by atoms with Crippen molar-refractivity contribution in [3.8, 4) is 5.75 Å². The molecule has 6 nitrogen and oxygen atoms in total. The van der Waals surface area contributed by atoms with Crippen LogP contribution in [-0.2, 0) is 10.0 Å². The molecule has 0 radical (unpaired) electrons. The molecule has 7 heteroatoms. The zero-order chi connectivity index (χ0) is 15.7. The third kappa shape index (κ3) is 4.22. The van der Waals surface area contributed by atoms with Crippen LogP contribution in [0.5, 0.6) is 5.75 Å². The highest BCUT2D eigenvalue weighted by atomic mass is 32.2. The predicted octanol–water partition coefficient (Wildman–Crippen LogP) is 2.96. The molecule has 0 atom stereocenters. The highest BCUT2D eigenvalue weighted by molar-refractivity contribution is 7.92. The van der Waals surface area contributed by atoms with Crippen molar-refractivity contribution in [2.45, 2.75) is 38.2 Å². The zero-order valence-electron chi connectivity index (χ0n) is 12.4. The lowest BCUT2D eigenvalue weighted by Crippen LogP contribution is -2.23. The summed E-state index contributed by atoms with van der Waals surface area (Å²) in [7, 11) is -3.69. The summed E-state index contributed by atoms with van der Waals surface area (Å²) in [6.07, 6.45) is 0. The van der Waals surface area contributed by atoms with Gasteiger partial charge in [0, 0.05) is 6.07 Å². The Balaban J connectivity index is 2.17. The van der Waals surface area contributed by atoms with E-state index in [2.05, 4.69) is 9.88 Å². The Bertz CT molecular complexity index is 712. The van der Waals surface area contributed by atoms with Gasteiger partial charge >= 0.3 is 0 Å². The summed E-state index contributed by atoms with van der Waals surface area (Å²) in [4.78, 5) is 0.129. The standard InChI is InChI=1S/C14H18N2O4S/c1-10-9-13(15-20-10)16-21(17,18)12-7-5-11(6-8-12)19-14(2,3)4/h5-9H,1-4H3,(H,15,16). The van der Waals surface area contributed by atoms with E-state index in [1.807, 2.05) is 20.8 Å². The van der Waals surface area contributed by atoms with Gasteiger partial charge in [-0.25, -0.2) is 8.42 Å². The second-order valence-corrected chi connectivity index (χ2v) is 7.30. The average Bonchev–Trinajstić information content (AvgIpc) is 2.72. The van der Waals surface area contributed by atoms with Gasteiger partial charge in [0.15, 0.2) is 5.82 Å². The fraction of sp³-hybridized carbons (Fsp3) is 0.357. The van der Waals surface area contributed by atoms with E-state index in [9.17, 15) is 8.42 Å². The summed E-state index contributed by atoms with van der Waals surface area (Å²) in [6, 6.07) is 7.71. The van der Waals surface area contributed by atoms with Gasteiger partial charge in [-0.2, -0.15) is 0 Å². The molecule has 0 amide bonds. The van der Waals surface area contributed by atoms with Gasteiger partial charge in [-0.3, -0.25) is 4.72 Å². The molecule has 114 valence electrons. The monoisotopic (exact) mass is 310 g/mol. The van der Waals surface area contributed by atoms with E-state index in [-0.39, 0.29) is 16.3 Å². The van der Waals surface area contributed by atoms with Crippen molar-refractivity contribution in [1.82, 2.24) is 5.16 Å². The van der Waals surface area contributed by atoms with Gasteiger partial charge in [0.2, 0.25) is 0 Å². The fourth-order valence-electron chi connectivity index (χ4n) is 1.65. The number of aryl methyl sites for hydroxylation is 1. The third-order valence-corrected chi connectivity index (χ3v) is 3.80. The normalized spacial score (nSPS) is 12.2. The number of anilines is 1. The summed E-state index contributed by atoms with van der Waals surface area (Å²) in [6.45, 7) is 7.45. The maximum Gasteiger partial charge on any atom is 0.263 e. The van der Waals surface area contributed by atoms with Crippen molar-refractivity contribution in [3.63, 3.8) is 0 Å². The van der Waals surface area contributed by atoms with Gasteiger partial charge in [0.25, 0.3) is 10.0 Å². The summed E-state index contributed by atoms with van der Waals surface area (Å²) >= 11 is 0. The van der Waals surface area contributed by atoms with E-state index in [0.29, 0.717) is 11.5 Å². The van der Waals surface area contributed by atoms with Crippen LogP contribution >= 0.6 is 0 Å². The van der Waals surface area contributed by atoms with Crippen LogP contribution in [0.25, 0.3) is 0 Å². The topological polar surface area (TPSA) is 81.4 Å². The molecule has 0 fully saturated rings. The zero-order valence-corrected chi connectivity index (χ0v) is 13.2. The molecule has 1 heterocycles. The molecule has 1 aromatic heterocycles. The summed E-state index contributed by atoms with van der Waals surface area (Å²) in [5.41, 5.74) is -0.336. The van der Waals surface area contributed by atoms with E-state index in [0.717, 1.165) is 0 Å². The molecule has 0 unspecified atom stereocenters. The van der Waals surface area contributed by atoms with Gasteiger partial charge in [0.05, 0.1) is 4.90 Å². The minimum atomic E-state index is -3.69. The Morgan fingerprint density at radius 3 is 2.29 bits per heavy atom. The number of rotatable bonds is 4. The molecule has 0 aliphatic carbocycles. The Kier molecular flexibility index (Phi) is 3.95. The predicted molar refractivity (Wildman–Crippen MR) is 78.9 cm³/mol. The molecular formula is C14H18N2O4S. The van der Waals surface area contributed by atoms with Crippen LogP contribution in [-0.4, -0.2) is 19.2 Å². The van der Waals surface area contributed by atoms with Gasteiger partial charge in [-0.1, -0.05) is 5.16 Å². The van der Waals surface area contributed by atoms with Crippen molar-refractivity contribution in [2.75, 3.05) is 4.72 Å². The first kappa shape index (κ1) is 15.4. The first-order chi connectivity index (χ1) is 9.66. The molecule has 1 aromatic carbocycles. The quantitative estimate of drug-likeness (QED) is 0.939. The van der Waals surface area contributed by atoms with Gasteiger partial charge in [-0.05, 0) is 52.0 Å². The SMILES string of the molecule is Cc1cc(NS(=O)(=O)c2ccc(OC(C)(C)C)cc2)no1. The molecule has 1 N–H and O–H groups in total. The molecular weight excluding hydrogens is 292 g/mol. The molecule has 21 heavy (non-hydrogen) atoms. The number of sulfonamides is 1. The van der Waals surface area contributed by atoms with Gasteiger partial charge < -0.3 is 9.26 Å². The van der Waals surface area contributed by atoms with Crippen molar-refractivity contribution < 1.29 is 17.7 Å². The number of aromatic nitrogens is 1. The minimum Gasteiger partial charge on any atom is -0.488 e. The molecule has 0 spiro atoms. The molecule has 0 saturated carbocycles. The molecule has 0 aliphatic rings. The first-order valence-corrected chi connectivity index (χ1v) is 7.89. The maximum absolute atomic E-state index is 12.2. The average molecular weight is 310 g/mol. The molecule has 0 saturated heterocycles. The lowest BCUT2D eigenvalue weighted by Gasteiger charge is -2.21. The van der Waals surface area contributed by atoms with Crippen LogP contribution in [0, 0.1) is 6.92 Å². The van der Waals surface area contributed by atoms with Crippen LogP contribution in [0.3, 0.4) is 0 Å². The number of nitrogens with zero attached hydrogens (tertiary/aromatic N) is 1. The Hall–Kier alpha value is -2.02. The molecule has 0 bridgehead atoms. The van der Waals surface area contributed by atoms with Crippen LogP contribution in [0.15, 0.2) is 39.8 Å². The molecule has 2 rings (SSSR count). The van der Waals surface area contributed by atoms with E-state index >= 15 is 0 Å². The Labute approximate surface area is 124 Å². The van der Waals surface area contributed by atoms with Crippen LogP contribution in [0.2, 0.25) is 0 Å². The minimum absolute atomic E-state index is 0.129. The van der Waals surface area contributed by atoms with Crippen molar-refractivity contribution >= 4 is 15.8 Å². The lowest BCUT2D eigenvalue weighted by atomic mass is 10.2. The summed E-state index contributed by atoms with van der Waals surface area (Å²) in [5, 5.41) is 3.60. The second-order valence-electron chi connectivity index (χ2n) is 5.61. The fourth-order valence-corrected chi connectivity index (χ4v) is 2.64. The largest absolute Gasteiger partial charge is 0.488 e. The molecule has 0 aliphatic heterocycles. The van der Waals surface area contributed by atoms with Crippen molar-refractivity contribution in [1.29, 1.82) is 0 Å². The number of nitrogens with one attached hydrogen (secondary N) is 1. The highest BCUT2D eigenvalue weighted by Gasteiger charge is 2.17. The van der Waals surface area contributed by atoms with Crippen LogP contribution < -0.4 is 9.46 Å². The second kappa shape index (κ2) is 5.40.